The Labute approximate surface area is 225 Å². The van der Waals surface area contributed by atoms with Gasteiger partial charge in [-0.3, -0.25) is 4.79 Å². The SMILES string of the molecule is O=C(c1ccc(CSc2nc(Cl)cc(N3CCN(c4cccc(Cl)c4)CC3)n2)cc1)N1CCOCC1. The summed E-state index contributed by atoms with van der Waals surface area (Å²) >= 11 is 14.1. The van der Waals surface area contributed by atoms with E-state index in [0.29, 0.717) is 47.9 Å². The van der Waals surface area contributed by atoms with Gasteiger partial charge in [-0.15, -0.1) is 0 Å². The Morgan fingerprint density at radius 2 is 1.61 bits per heavy atom. The fourth-order valence-electron chi connectivity index (χ4n) is 4.32. The van der Waals surface area contributed by atoms with Crippen LogP contribution in [0.15, 0.2) is 59.8 Å². The third kappa shape index (κ3) is 6.24. The van der Waals surface area contributed by atoms with Gasteiger partial charge >= 0.3 is 0 Å². The van der Waals surface area contributed by atoms with Crippen LogP contribution >= 0.6 is 35.0 Å². The molecule has 1 amide bonds. The summed E-state index contributed by atoms with van der Waals surface area (Å²) in [7, 11) is 0. The molecular weight excluding hydrogens is 517 g/mol. The smallest absolute Gasteiger partial charge is 0.254 e. The Balaban J connectivity index is 1.18. The van der Waals surface area contributed by atoms with Crippen molar-refractivity contribution < 1.29 is 9.53 Å². The van der Waals surface area contributed by atoms with Crippen LogP contribution in [-0.2, 0) is 10.5 Å². The largest absolute Gasteiger partial charge is 0.378 e. The van der Waals surface area contributed by atoms with E-state index in [0.717, 1.165) is 48.3 Å². The first kappa shape index (κ1) is 25.1. The van der Waals surface area contributed by atoms with Crippen LogP contribution < -0.4 is 9.80 Å². The van der Waals surface area contributed by atoms with E-state index in [-0.39, 0.29) is 5.91 Å². The predicted octanol–water partition coefficient (Wildman–Crippen LogP) is 4.87. The lowest BCUT2D eigenvalue weighted by Gasteiger charge is -2.36. The third-order valence-electron chi connectivity index (χ3n) is 6.30. The number of carbonyl (C=O) groups is 1. The summed E-state index contributed by atoms with van der Waals surface area (Å²) in [5.41, 5.74) is 2.93. The number of aromatic nitrogens is 2. The van der Waals surface area contributed by atoms with E-state index in [9.17, 15) is 4.79 Å². The highest BCUT2D eigenvalue weighted by atomic mass is 35.5. The minimum absolute atomic E-state index is 0.0516. The number of halogens is 2. The molecule has 7 nitrogen and oxygen atoms in total. The standard InChI is InChI=1S/C26H27Cl2N5O2S/c27-21-2-1-3-22(16-21)31-8-10-32(11-9-31)24-17-23(28)29-26(30-24)36-18-19-4-6-20(7-5-19)25(34)33-12-14-35-15-13-33/h1-7,16-17H,8-15,18H2. The van der Waals surface area contributed by atoms with Crippen molar-refractivity contribution in [2.75, 3.05) is 62.3 Å². The molecule has 0 atom stereocenters. The number of anilines is 2. The number of hydrogen-bond donors (Lipinski definition) is 0. The first-order valence-corrected chi connectivity index (χ1v) is 13.7. The quantitative estimate of drug-likeness (QED) is 0.249. The van der Waals surface area contributed by atoms with Gasteiger partial charge in [0, 0.05) is 67.4 Å². The summed E-state index contributed by atoms with van der Waals surface area (Å²) < 4.78 is 5.33. The van der Waals surface area contributed by atoms with E-state index in [1.54, 1.807) is 0 Å². The van der Waals surface area contributed by atoms with Crippen LogP contribution in [0.4, 0.5) is 11.5 Å². The number of thioether (sulfide) groups is 1. The molecule has 2 aromatic carbocycles. The van der Waals surface area contributed by atoms with Gasteiger partial charge in [0.1, 0.15) is 11.0 Å². The number of carbonyl (C=O) groups excluding carboxylic acids is 1. The summed E-state index contributed by atoms with van der Waals surface area (Å²) in [5.74, 6) is 1.58. The number of rotatable bonds is 6. The molecule has 3 heterocycles. The topological polar surface area (TPSA) is 61.8 Å². The molecule has 188 valence electrons. The Morgan fingerprint density at radius 3 is 2.33 bits per heavy atom. The monoisotopic (exact) mass is 543 g/mol. The zero-order chi connectivity index (χ0) is 24.9. The predicted molar refractivity (Wildman–Crippen MR) is 146 cm³/mol. The van der Waals surface area contributed by atoms with Crippen molar-refractivity contribution >= 4 is 52.4 Å². The minimum Gasteiger partial charge on any atom is -0.378 e. The summed E-state index contributed by atoms with van der Waals surface area (Å²) in [6.07, 6.45) is 0. The average molecular weight is 545 g/mol. The maximum Gasteiger partial charge on any atom is 0.254 e. The van der Waals surface area contributed by atoms with Crippen LogP contribution in [0, 0.1) is 0 Å². The molecule has 0 unspecified atom stereocenters. The van der Waals surface area contributed by atoms with Crippen molar-refractivity contribution in [1.82, 2.24) is 14.9 Å². The molecule has 0 aliphatic carbocycles. The van der Waals surface area contributed by atoms with Crippen molar-refractivity contribution in [1.29, 1.82) is 0 Å². The molecule has 2 saturated heterocycles. The molecule has 3 aromatic rings. The molecule has 1 aromatic heterocycles. The first-order chi connectivity index (χ1) is 17.5. The molecule has 0 spiro atoms. The van der Waals surface area contributed by atoms with Crippen molar-refractivity contribution in [2.24, 2.45) is 0 Å². The third-order valence-corrected chi connectivity index (χ3v) is 7.65. The highest BCUT2D eigenvalue weighted by Crippen LogP contribution is 2.27. The van der Waals surface area contributed by atoms with E-state index >= 15 is 0 Å². The fourth-order valence-corrected chi connectivity index (χ4v) is 5.54. The van der Waals surface area contributed by atoms with Crippen LogP contribution in [-0.4, -0.2) is 73.3 Å². The molecule has 2 fully saturated rings. The average Bonchev–Trinajstić information content (AvgIpc) is 2.92. The van der Waals surface area contributed by atoms with Crippen molar-refractivity contribution in [3.05, 3.63) is 75.9 Å². The Hall–Kier alpha value is -2.52. The van der Waals surface area contributed by atoms with Crippen molar-refractivity contribution in [3.63, 3.8) is 0 Å². The van der Waals surface area contributed by atoms with Crippen LogP contribution in [0.3, 0.4) is 0 Å². The van der Waals surface area contributed by atoms with Gasteiger partial charge < -0.3 is 19.4 Å². The number of nitrogens with zero attached hydrogens (tertiary/aromatic N) is 5. The van der Waals surface area contributed by atoms with Gasteiger partial charge in [0.2, 0.25) is 0 Å². The van der Waals surface area contributed by atoms with Crippen LogP contribution in [0.2, 0.25) is 10.2 Å². The molecule has 2 aliphatic heterocycles. The molecular formula is C26H27Cl2N5O2S. The maximum absolute atomic E-state index is 12.6. The second kappa shape index (κ2) is 11.7. The van der Waals surface area contributed by atoms with Gasteiger partial charge in [0.15, 0.2) is 5.16 Å². The van der Waals surface area contributed by atoms with Crippen LogP contribution in [0.25, 0.3) is 0 Å². The summed E-state index contributed by atoms with van der Waals surface area (Å²) in [4.78, 5) is 28.2. The van der Waals surface area contributed by atoms with Gasteiger partial charge in [0.25, 0.3) is 5.91 Å². The second-order valence-corrected chi connectivity index (χ2v) is 10.4. The van der Waals surface area contributed by atoms with Gasteiger partial charge in [-0.25, -0.2) is 9.97 Å². The fraction of sp³-hybridized carbons (Fsp3) is 0.346. The Kier molecular flexibility index (Phi) is 8.16. The molecule has 0 saturated carbocycles. The van der Waals surface area contributed by atoms with Crippen molar-refractivity contribution in [2.45, 2.75) is 10.9 Å². The highest BCUT2D eigenvalue weighted by Gasteiger charge is 2.21. The van der Waals surface area contributed by atoms with Crippen LogP contribution in [0.5, 0.6) is 0 Å². The number of benzene rings is 2. The van der Waals surface area contributed by atoms with Crippen molar-refractivity contribution in [3.8, 4) is 0 Å². The Morgan fingerprint density at radius 1 is 0.889 bits per heavy atom. The molecule has 2 aliphatic rings. The van der Waals surface area contributed by atoms with E-state index in [1.165, 1.54) is 11.8 Å². The number of piperazine rings is 1. The summed E-state index contributed by atoms with van der Waals surface area (Å²) in [5, 5.41) is 1.83. The van der Waals surface area contributed by atoms with Gasteiger partial charge in [-0.2, -0.15) is 0 Å². The lowest BCUT2D eigenvalue weighted by Crippen LogP contribution is -2.46. The molecule has 0 radical (unpaired) electrons. The lowest BCUT2D eigenvalue weighted by molar-refractivity contribution is 0.0303. The highest BCUT2D eigenvalue weighted by molar-refractivity contribution is 7.98. The number of hydrogen-bond acceptors (Lipinski definition) is 7. The molecule has 36 heavy (non-hydrogen) atoms. The van der Waals surface area contributed by atoms with Gasteiger partial charge in [-0.05, 0) is 35.9 Å². The molecule has 5 rings (SSSR count). The number of amides is 1. The summed E-state index contributed by atoms with van der Waals surface area (Å²) in [6.45, 7) is 5.89. The minimum atomic E-state index is 0.0516. The van der Waals surface area contributed by atoms with Gasteiger partial charge in [-0.1, -0.05) is 53.2 Å². The van der Waals surface area contributed by atoms with E-state index in [4.69, 9.17) is 32.9 Å². The summed E-state index contributed by atoms with van der Waals surface area (Å²) in [6, 6.07) is 17.5. The normalized spacial score (nSPS) is 16.3. The van der Waals surface area contributed by atoms with Gasteiger partial charge in [0.05, 0.1) is 13.2 Å². The zero-order valence-corrected chi connectivity index (χ0v) is 22.1. The van der Waals surface area contributed by atoms with Crippen LogP contribution in [0.1, 0.15) is 15.9 Å². The first-order valence-electron chi connectivity index (χ1n) is 11.9. The van der Waals surface area contributed by atoms with E-state index in [1.807, 2.05) is 53.4 Å². The number of morpholine rings is 1. The van der Waals surface area contributed by atoms with E-state index in [2.05, 4.69) is 20.9 Å². The zero-order valence-electron chi connectivity index (χ0n) is 19.8. The number of ether oxygens (including phenoxy) is 1. The van der Waals surface area contributed by atoms with E-state index < -0.39 is 0 Å². The molecule has 0 N–H and O–H groups in total. The molecule has 0 bridgehead atoms. The second-order valence-electron chi connectivity index (χ2n) is 8.68. The lowest BCUT2D eigenvalue weighted by atomic mass is 10.1. The molecule has 10 heteroatoms. The maximum atomic E-state index is 12.6. The Bertz CT molecular complexity index is 1200.